The predicted octanol–water partition coefficient (Wildman–Crippen LogP) is 1.49. The second-order valence-corrected chi connectivity index (χ2v) is 3.57. The second-order valence-electron chi connectivity index (χ2n) is 3.57. The minimum atomic E-state index is -0.807. The van der Waals surface area contributed by atoms with Crippen LogP contribution in [0.25, 0.3) is 0 Å². The van der Waals surface area contributed by atoms with Crippen LogP contribution in [0.3, 0.4) is 0 Å². The summed E-state index contributed by atoms with van der Waals surface area (Å²) in [5, 5.41) is 16.3. The molecule has 0 radical (unpaired) electrons. The van der Waals surface area contributed by atoms with Gasteiger partial charge in [0.25, 0.3) is 0 Å². The molecule has 5 heteroatoms. The number of aryl methyl sites for hydroxylation is 2. The summed E-state index contributed by atoms with van der Waals surface area (Å²) in [5.41, 5.74) is 0.953. The zero-order valence-corrected chi connectivity index (χ0v) is 9.02. The number of carboxylic acids is 1. The highest BCUT2D eigenvalue weighted by atomic mass is 16.4. The molecule has 0 fully saturated rings. The number of hydrogen-bond donors (Lipinski definition) is 1. The van der Waals surface area contributed by atoms with Crippen molar-refractivity contribution in [3.63, 3.8) is 0 Å². The number of nitrogens with zero attached hydrogens (tertiary/aromatic N) is 3. The van der Waals surface area contributed by atoms with E-state index in [4.69, 9.17) is 5.11 Å². The van der Waals surface area contributed by atoms with Crippen molar-refractivity contribution in [2.75, 3.05) is 0 Å². The van der Waals surface area contributed by atoms with Crippen molar-refractivity contribution in [3.8, 4) is 0 Å². The molecule has 0 saturated heterocycles. The van der Waals surface area contributed by atoms with Gasteiger partial charge in [-0.1, -0.05) is 25.0 Å². The molecule has 1 heterocycles. The molecular formula is C10H17N3O2. The highest BCUT2D eigenvalue weighted by Gasteiger charge is 2.02. The maximum atomic E-state index is 10.3. The van der Waals surface area contributed by atoms with Crippen LogP contribution in [0.2, 0.25) is 0 Å². The Hall–Kier alpha value is -1.39. The molecule has 1 rings (SSSR count). The zero-order valence-electron chi connectivity index (χ0n) is 9.02. The summed E-state index contributed by atoms with van der Waals surface area (Å²) in [6.07, 6.45) is 6.36. The molecule has 0 atom stereocenters. The van der Waals surface area contributed by atoms with Crippen LogP contribution in [-0.4, -0.2) is 26.1 Å². The van der Waals surface area contributed by atoms with Gasteiger partial charge < -0.3 is 5.11 Å². The zero-order chi connectivity index (χ0) is 11.1. The first-order valence-corrected chi connectivity index (χ1v) is 5.33. The topological polar surface area (TPSA) is 68.0 Å². The molecule has 1 aromatic rings. The van der Waals surface area contributed by atoms with Gasteiger partial charge in [-0.15, -0.1) is 5.10 Å². The molecule has 0 spiro atoms. The molecule has 15 heavy (non-hydrogen) atoms. The van der Waals surface area contributed by atoms with Crippen molar-refractivity contribution in [1.82, 2.24) is 15.0 Å². The van der Waals surface area contributed by atoms with Gasteiger partial charge in [0.2, 0.25) is 0 Å². The van der Waals surface area contributed by atoms with Gasteiger partial charge in [0, 0.05) is 6.20 Å². The van der Waals surface area contributed by atoms with Crippen LogP contribution in [0.15, 0.2) is 6.20 Å². The molecule has 0 bridgehead atoms. The summed E-state index contributed by atoms with van der Waals surface area (Å²) >= 11 is 0. The normalized spacial score (nSPS) is 10.5. The van der Waals surface area contributed by atoms with E-state index in [0.29, 0.717) is 6.54 Å². The Balaban J connectivity index is 2.32. The van der Waals surface area contributed by atoms with Crippen molar-refractivity contribution >= 4 is 5.97 Å². The Labute approximate surface area is 89.1 Å². The van der Waals surface area contributed by atoms with E-state index in [1.54, 1.807) is 4.68 Å². The summed E-state index contributed by atoms with van der Waals surface area (Å²) in [5.74, 6) is -0.807. The van der Waals surface area contributed by atoms with Crippen LogP contribution in [0.4, 0.5) is 0 Å². The molecule has 5 nitrogen and oxygen atoms in total. The fourth-order valence-electron chi connectivity index (χ4n) is 1.33. The van der Waals surface area contributed by atoms with Gasteiger partial charge in [-0.3, -0.25) is 9.48 Å². The summed E-state index contributed by atoms with van der Waals surface area (Å²) in [6, 6.07) is 0. The average Bonchev–Trinajstić information content (AvgIpc) is 2.63. The lowest BCUT2D eigenvalue weighted by atomic mass is 10.2. The molecule has 0 aliphatic carbocycles. The SMILES string of the molecule is CCCCCc1cn(CCC(=O)O)nn1. The summed E-state index contributed by atoms with van der Waals surface area (Å²) in [4.78, 5) is 10.3. The Bertz CT molecular complexity index is 309. The Morgan fingerprint density at radius 3 is 3.00 bits per heavy atom. The average molecular weight is 211 g/mol. The van der Waals surface area contributed by atoms with Crippen molar-refractivity contribution in [2.24, 2.45) is 0 Å². The molecule has 0 aliphatic rings. The lowest BCUT2D eigenvalue weighted by molar-refractivity contribution is -0.137. The van der Waals surface area contributed by atoms with E-state index in [0.717, 1.165) is 18.5 Å². The maximum absolute atomic E-state index is 10.3. The molecule has 0 aliphatic heterocycles. The van der Waals surface area contributed by atoms with Crippen molar-refractivity contribution < 1.29 is 9.90 Å². The van der Waals surface area contributed by atoms with E-state index in [-0.39, 0.29) is 6.42 Å². The highest BCUT2D eigenvalue weighted by molar-refractivity contribution is 5.66. The fraction of sp³-hybridized carbons (Fsp3) is 0.700. The van der Waals surface area contributed by atoms with E-state index in [1.807, 2.05) is 6.20 Å². The smallest absolute Gasteiger partial charge is 0.305 e. The molecule has 84 valence electrons. The van der Waals surface area contributed by atoms with Gasteiger partial charge in [0.05, 0.1) is 18.7 Å². The maximum Gasteiger partial charge on any atom is 0.305 e. The van der Waals surface area contributed by atoms with Gasteiger partial charge in [-0.05, 0) is 12.8 Å². The fourth-order valence-corrected chi connectivity index (χ4v) is 1.33. The van der Waals surface area contributed by atoms with Gasteiger partial charge in [0.1, 0.15) is 0 Å². The van der Waals surface area contributed by atoms with Crippen LogP contribution < -0.4 is 0 Å². The van der Waals surface area contributed by atoms with Gasteiger partial charge >= 0.3 is 5.97 Å². The largest absolute Gasteiger partial charge is 0.481 e. The molecule has 0 aromatic carbocycles. The Kier molecular flexibility index (Phi) is 4.80. The van der Waals surface area contributed by atoms with Crippen LogP contribution in [0.5, 0.6) is 0 Å². The summed E-state index contributed by atoms with van der Waals surface area (Å²) in [7, 11) is 0. The number of aliphatic carboxylic acids is 1. The number of rotatable bonds is 7. The molecule has 0 saturated carbocycles. The van der Waals surface area contributed by atoms with Crippen molar-refractivity contribution in [3.05, 3.63) is 11.9 Å². The van der Waals surface area contributed by atoms with E-state index >= 15 is 0 Å². The number of aromatic nitrogens is 3. The van der Waals surface area contributed by atoms with E-state index in [1.165, 1.54) is 12.8 Å². The molecule has 1 aromatic heterocycles. The lowest BCUT2D eigenvalue weighted by Crippen LogP contribution is -2.04. The van der Waals surface area contributed by atoms with Crippen LogP contribution >= 0.6 is 0 Å². The lowest BCUT2D eigenvalue weighted by Gasteiger charge is -1.95. The number of carboxylic acid groups (broad SMARTS) is 1. The van der Waals surface area contributed by atoms with E-state index in [9.17, 15) is 4.79 Å². The van der Waals surface area contributed by atoms with E-state index in [2.05, 4.69) is 17.2 Å². The van der Waals surface area contributed by atoms with Crippen LogP contribution in [-0.2, 0) is 17.8 Å². The third-order valence-corrected chi connectivity index (χ3v) is 2.18. The number of carbonyl (C=O) groups is 1. The second kappa shape index (κ2) is 6.16. The Morgan fingerprint density at radius 2 is 2.33 bits per heavy atom. The monoisotopic (exact) mass is 211 g/mol. The van der Waals surface area contributed by atoms with Crippen LogP contribution in [0.1, 0.15) is 38.3 Å². The number of unbranched alkanes of at least 4 members (excludes halogenated alkanes) is 2. The highest BCUT2D eigenvalue weighted by Crippen LogP contribution is 2.03. The molecule has 0 unspecified atom stereocenters. The molecule has 1 N–H and O–H groups in total. The quantitative estimate of drug-likeness (QED) is 0.694. The predicted molar refractivity (Wildman–Crippen MR) is 55.5 cm³/mol. The van der Waals surface area contributed by atoms with Crippen LogP contribution in [0, 0.1) is 0 Å². The van der Waals surface area contributed by atoms with Gasteiger partial charge in [-0.25, -0.2) is 0 Å². The third-order valence-electron chi connectivity index (χ3n) is 2.18. The minimum absolute atomic E-state index is 0.0950. The van der Waals surface area contributed by atoms with Gasteiger partial charge in [-0.2, -0.15) is 0 Å². The number of hydrogen-bond acceptors (Lipinski definition) is 3. The van der Waals surface area contributed by atoms with Crippen molar-refractivity contribution in [2.45, 2.75) is 45.6 Å². The first-order valence-electron chi connectivity index (χ1n) is 5.33. The summed E-state index contributed by atoms with van der Waals surface area (Å²) in [6.45, 7) is 2.56. The first-order chi connectivity index (χ1) is 7.22. The third kappa shape index (κ3) is 4.58. The Morgan fingerprint density at radius 1 is 1.53 bits per heavy atom. The van der Waals surface area contributed by atoms with Gasteiger partial charge in [0.15, 0.2) is 0 Å². The molecule has 0 amide bonds. The van der Waals surface area contributed by atoms with E-state index < -0.39 is 5.97 Å². The van der Waals surface area contributed by atoms with Crippen molar-refractivity contribution in [1.29, 1.82) is 0 Å². The standard InChI is InChI=1S/C10H17N3O2/c1-2-3-4-5-9-8-13(12-11-9)7-6-10(14)15/h8H,2-7H2,1H3,(H,14,15). The first kappa shape index (κ1) is 11.7. The summed E-state index contributed by atoms with van der Waals surface area (Å²) < 4.78 is 1.59. The minimum Gasteiger partial charge on any atom is -0.481 e. The molecular weight excluding hydrogens is 194 g/mol.